The van der Waals surface area contributed by atoms with E-state index in [-0.39, 0.29) is 17.9 Å². The summed E-state index contributed by atoms with van der Waals surface area (Å²) in [4.78, 5) is 12.5. The smallest absolute Gasteiger partial charge is 0.167 e. The topological polar surface area (TPSA) is 105 Å². The van der Waals surface area contributed by atoms with Crippen LogP contribution in [0, 0.1) is 0 Å². The Bertz CT molecular complexity index is 632. The van der Waals surface area contributed by atoms with Gasteiger partial charge in [0.25, 0.3) is 0 Å². The summed E-state index contributed by atoms with van der Waals surface area (Å²) in [5.74, 6) is 0.405. The van der Waals surface area contributed by atoms with Gasteiger partial charge >= 0.3 is 0 Å². The van der Waals surface area contributed by atoms with E-state index in [4.69, 9.17) is 16.2 Å². The van der Waals surface area contributed by atoms with Crippen molar-refractivity contribution < 1.29 is 4.74 Å². The summed E-state index contributed by atoms with van der Waals surface area (Å²) in [6.45, 7) is 0. The highest BCUT2D eigenvalue weighted by Gasteiger charge is 2.49. The lowest BCUT2D eigenvalue weighted by molar-refractivity contribution is -0.121. The van der Waals surface area contributed by atoms with Crippen LogP contribution in [0.5, 0.6) is 0 Å². The molecule has 2 aromatic heterocycles. The molecule has 2 aromatic rings. The van der Waals surface area contributed by atoms with Crippen molar-refractivity contribution in [3.63, 3.8) is 0 Å². The number of rotatable bonds is 1. The van der Waals surface area contributed by atoms with Crippen LogP contribution in [0.15, 0.2) is 12.7 Å². The zero-order valence-corrected chi connectivity index (χ0v) is 10.5. The molecule has 7 nitrogen and oxygen atoms in total. The van der Waals surface area contributed by atoms with Gasteiger partial charge in [-0.15, -0.1) is 0 Å². The van der Waals surface area contributed by atoms with Crippen molar-refractivity contribution in [2.24, 2.45) is 5.73 Å². The number of fused-ring (bicyclic) bond motifs is 1. The van der Waals surface area contributed by atoms with E-state index in [9.17, 15) is 0 Å². The maximum Gasteiger partial charge on any atom is 0.167 e. The largest absolute Gasteiger partial charge is 0.382 e. The van der Waals surface area contributed by atoms with Crippen molar-refractivity contribution in [2.75, 3.05) is 5.73 Å². The maximum atomic E-state index is 6.19. The molecule has 0 radical (unpaired) electrons. The molecule has 4 rings (SSSR count). The van der Waals surface area contributed by atoms with Crippen molar-refractivity contribution in [3.8, 4) is 0 Å². The van der Waals surface area contributed by atoms with Gasteiger partial charge in [0.15, 0.2) is 11.5 Å². The summed E-state index contributed by atoms with van der Waals surface area (Å²) < 4.78 is 8.14. The molecule has 1 saturated carbocycles. The third-order valence-corrected chi connectivity index (χ3v) is 4.20. The third-order valence-electron chi connectivity index (χ3n) is 4.20. The predicted octanol–water partition coefficient (Wildman–Crippen LogP) is 0.577. The molecule has 2 aliphatic rings. The zero-order valence-electron chi connectivity index (χ0n) is 10.5. The van der Waals surface area contributed by atoms with Crippen LogP contribution in [0.1, 0.15) is 31.9 Å². The van der Waals surface area contributed by atoms with E-state index in [2.05, 4.69) is 15.0 Å². The molecule has 19 heavy (non-hydrogen) atoms. The molecule has 0 unspecified atom stereocenters. The SMILES string of the molecule is Nc1ncnc2c1ncn2[C@H]1CC[C@]2(C[C@@H](N)C2)O1. The molecule has 100 valence electrons. The molecular weight excluding hydrogens is 244 g/mol. The zero-order chi connectivity index (χ0) is 13.0. The van der Waals surface area contributed by atoms with Gasteiger partial charge in [-0.05, 0) is 25.7 Å². The molecule has 3 heterocycles. The first kappa shape index (κ1) is 11.1. The molecule has 4 N–H and O–H groups in total. The van der Waals surface area contributed by atoms with Crippen LogP contribution in [0.3, 0.4) is 0 Å². The minimum absolute atomic E-state index is 0.0146. The fourth-order valence-corrected chi connectivity index (χ4v) is 3.27. The summed E-state index contributed by atoms with van der Waals surface area (Å²) in [6, 6.07) is 0.288. The quantitative estimate of drug-likeness (QED) is 0.777. The molecule has 1 aliphatic heterocycles. The van der Waals surface area contributed by atoms with Crippen LogP contribution in [0.2, 0.25) is 0 Å². The van der Waals surface area contributed by atoms with E-state index in [0.717, 1.165) is 31.3 Å². The van der Waals surface area contributed by atoms with Crippen LogP contribution >= 0.6 is 0 Å². The maximum absolute atomic E-state index is 6.19. The standard InChI is InChI=1S/C12H16N6O/c13-7-3-12(4-7)2-1-8(19-12)18-6-17-9-10(14)15-5-16-11(9)18/h5-8H,1-4,13H2,(H2,14,15,16)/t7-,8-,12-/m1/s1. The average Bonchev–Trinajstić information content (AvgIpc) is 2.93. The van der Waals surface area contributed by atoms with Gasteiger partial charge < -0.3 is 16.2 Å². The van der Waals surface area contributed by atoms with Crippen LogP contribution in [-0.2, 0) is 4.74 Å². The fourth-order valence-electron chi connectivity index (χ4n) is 3.27. The van der Waals surface area contributed by atoms with E-state index < -0.39 is 0 Å². The number of imidazole rings is 1. The number of hydrogen-bond donors (Lipinski definition) is 2. The second kappa shape index (κ2) is 3.64. The predicted molar refractivity (Wildman–Crippen MR) is 69.0 cm³/mol. The number of hydrogen-bond acceptors (Lipinski definition) is 6. The number of nitrogens with zero attached hydrogens (tertiary/aromatic N) is 4. The van der Waals surface area contributed by atoms with E-state index >= 15 is 0 Å². The van der Waals surface area contributed by atoms with Crippen LogP contribution in [0.25, 0.3) is 11.2 Å². The Kier molecular flexibility index (Phi) is 2.13. The Morgan fingerprint density at radius 1 is 1.32 bits per heavy atom. The lowest BCUT2D eigenvalue weighted by Crippen LogP contribution is -2.51. The third kappa shape index (κ3) is 1.55. The lowest BCUT2D eigenvalue weighted by atomic mass is 9.74. The van der Waals surface area contributed by atoms with Gasteiger partial charge in [-0.25, -0.2) is 15.0 Å². The highest BCUT2D eigenvalue weighted by Crippen LogP contribution is 2.48. The number of ether oxygens (including phenoxy) is 1. The molecule has 0 bridgehead atoms. The van der Waals surface area contributed by atoms with Crippen molar-refractivity contribution in [1.82, 2.24) is 19.5 Å². The van der Waals surface area contributed by atoms with Gasteiger partial charge in [0.1, 0.15) is 18.1 Å². The number of nitrogen functional groups attached to an aromatic ring is 1. The van der Waals surface area contributed by atoms with Crippen LogP contribution < -0.4 is 11.5 Å². The molecule has 1 saturated heterocycles. The van der Waals surface area contributed by atoms with Crippen LogP contribution in [-0.4, -0.2) is 31.2 Å². The average molecular weight is 260 g/mol. The Balaban J connectivity index is 1.67. The highest BCUT2D eigenvalue weighted by molar-refractivity contribution is 5.81. The molecule has 0 amide bonds. The van der Waals surface area contributed by atoms with Gasteiger partial charge in [0.05, 0.1) is 11.9 Å². The van der Waals surface area contributed by atoms with Gasteiger partial charge in [-0.1, -0.05) is 0 Å². The fraction of sp³-hybridized carbons (Fsp3) is 0.583. The van der Waals surface area contributed by atoms with E-state index in [1.807, 2.05) is 4.57 Å². The van der Waals surface area contributed by atoms with E-state index in [1.165, 1.54) is 6.33 Å². The Morgan fingerprint density at radius 2 is 2.16 bits per heavy atom. The molecule has 0 aromatic carbocycles. The van der Waals surface area contributed by atoms with Gasteiger partial charge in [0.2, 0.25) is 0 Å². The Hall–Kier alpha value is -1.73. The Morgan fingerprint density at radius 3 is 2.95 bits per heavy atom. The summed E-state index contributed by atoms with van der Waals surface area (Å²) in [7, 11) is 0. The lowest BCUT2D eigenvalue weighted by Gasteiger charge is -2.42. The molecule has 1 spiro atoms. The second-order valence-electron chi connectivity index (χ2n) is 5.55. The molecule has 1 atom stereocenters. The number of nitrogens with two attached hydrogens (primary N) is 2. The second-order valence-corrected chi connectivity index (χ2v) is 5.55. The molecule has 1 aliphatic carbocycles. The normalized spacial score (nSPS) is 33.9. The minimum Gasteiger partial charge on any atom is -0.382 e. The first-order valence-corrected chi connectivity index (χ1v) is 6.53. The van der Waals surface area contributed by atoms with Crippen molar-refractivity contribution in [1.29, 1.82) is 0 Å². The van der Waals surface area contributed by atoms with Gasteiger partial charge in [0, 0.05) is 6.04 Å². The number of aromatic nitrogens is 4. The highest BCUT2D eigenvalue weighted by atomic mass is 16.5. The summed E-state index contributed by atoms with van der Waals surface area (Å²) in [5.41, 5.74) is 13.0. The summed E-state index contributed by atoms with van der Waals surface area (Å²) >= 11 is 0. The van der Waals surface area contributed by atoms with Crippen molar-refractivity contribution in [3.05, 3.63) is 12.7 Å². The molecule has 2 fully saturated rings. The monoisotopic (exact) mass is 260 g/mol. The van der Waals surface area contributed by atoms with E-state index in [0.29, 0.717) is 11.3 Å². The minimum atomic E-state index is -0.0215. The Labute approximate surface area is 110 Å². The molecule has 7 heteroatoms. The van der Waals surface area contributed by atoms with Crippen molar-refractivity contribution in [2.45, 2.75) is 43.6 Å². The number of anilines is 1. The first-order chi connectivity index (χ1) is 9.17. The van der Waals surface area contributed by atoms with E-state index in [1.54, 1.807) is 6.33 Å². The van der Waals surface area contributed by atoms with Gasteiger partial charge in [-0.3, -0.25) is 4.57 Å². The van der Waals surface area contributed by atoms with Gasteiger partial charge in [-0.2, -0.15) is 0 Å². The summed E-state index contributed by atoms with van der Waals surface area (Å²) in [6.07, 6.45) is 7.08. The van der Waals surface area contributed by atoms with Crippen LogP contribution in [0.4, 0.5) is 5.82 Å². The molecular formula is C12H16N6O. The van der Waals surface area contributed by atoms with Crippen molar-refractivity contribution >= 4 is 17.0 Å². The summed E-state index contributed by atoms with van der Waals surface area (Å²) in [5, 5.41) is 0. The first-order valence-electron chi connectivity index (χ1n) is 6.53.